The van der Waals surface area contributed by atoms with Crippen LogP contribution in [0.4, 0.5) is 11.6 Å². The van der Waals surface area contributed by atoms with E-state index in [1.807, 2.05) is 0 Å². The van der Waals surface area contributed by atoms with Crippen LogP contribution in [0, 0.1) is 12.8 Å². The SMILES string of the molecule is Cc1cccc(C(C)C)c1Nc1nccc(C(=O)NCCC(C)C)n1. The molecule has 0 bridgehead atoms. The van der Waals surface area contributed by atoms with E-state index in [1.165, 1.54) is 5.56 Å². The van der Waals surface area contributed by atoms with Gasteiger partial charge in [0.1, 0.15) is 5.69 Å². The van der Waals surface area contributed by atoms with E-state index in [-0.39, 0.29) is 5.91 Å². The Morgan fingerprint density at radius 2 is 1.92 bits per heavy atom. The van der Waals surface area contributed by atoms with E-state index in [4.69, 9.17) is 0 Å². The van der Waals surface area contributed by atoms with Crippen LogP contribution in [0.3, 0.4) is 0 Å². The van der Waals surface area contributed by atoms with E-state index in [9.17, 15) is 4.79 Å². The van der Waals surface area contributed by atoms with Crippen LogP contribution in [0.25, 0.3) is 0 Å². The average Bonchev–Trinajstić information content (AvgIpc) is 2.56. The summed E-state index contributed by atoms with van der Waals surface area (Å²) in [5.74, 6) is 1.20. The van der Waals surface area contributed by atoms with Gasteiger partial charge in [0.05, 0.1) is 0 Å². The molecule has 25 heavy (non-hydrogen) atoms. The molecule has 5 heteroatoms. The number of carbonyl (C=O) groups is 1. The molecule has 2 N–H and O–H groups in total. The lowest BCUT2D eigenvalue weighted by atomic mass is 9.98. The molecule has 1 heterocycles. The number of nitrogens with one attached hydrogen (secondary N) is 2. The number of benzene rings is 1. The zero-order valence-corrected chi connectivity index (χ0v) is 15.8. The molecule has 0 atom stereocenters. The first kappa shape index (κ1) is 18.9. The quantitative estimate of drug-likeness (QED) is 0.782. The van der Waals surface area contributed by atoms with E-state index < -0.39 is 0 Å². The van der Waals surface area contributed by atoms with Crippen LogP contribution in [0.15, 0.2) is 30.5 Å². The third kappa shape index (κ3) is 5.28. The van der Waals surface area contributed by atoms with Crippen LogP contribution in [0.1, 0.15) is 61.6 Å². The molecule has 0 radical (unpaired) electrons. The number of rotatable bonds is 7. The van der Waals surface area contributed by atoms with Crippen molar-refractivity contribution in [1.29, 1.82) is 0 Å². The van der Waals surface area contributed by atoms with Crippen LogP contribution in [-0.4, -0.2) is 22.4 Å². The lowest BCUT2D eigenvalue weighted by Gasteiger charge is -2.16. The molecular weight excluding hydrogens is 312 g/mol. The Morgan fingerprint density at radius 1 is 1.16 bits per heavy atom. The second kappa shape index (κ2) is 8.60. The lowest BCUT2D eigenvalue weighted by Crippen LogP contribution is -2.26. The molecule has 0 spiro atoms. The predicted octanol–water partition coefficient (Wildman–Crippen LogP) is 4.43. The third-order valence-corrected chi connectivity index (χ3v) is 4.06. The van der Waals surface area contributed by atoms with Gasteiger partial charge in [-0.1, -0.05) is 45.9 Å². The number of nitrogens with zero attached hydrogens (tertiary/aromatic N) is 2. The summed E-state index contributed by atoms with van der Waals surface area (Å²) in [6.45, 7) is 11.3. The summed E-state index contributed by atoms with van der Waals surface area (Å²) in [4.78, 5) is 20.9. The maximum Gasteiger partial charge on any atom is 0.270 e. The maximum atomic E-state index is 12.2. The van der Waals surface area contributed by atoms with E-state index >= 15 is 0 Å². The van der Waals surface area contributed by atoms with Crippen LogP contribution >= 0.6 is 0 Å². The molecule has 2 rings (SSSR count). The summed E-state index contributed by atoms with van der Waals surface area (Å²) in [6, 6.07) is 7.84. The molecule has 0 fully saturated rings. The smallest absolute Gasteiger partial charge is 0.270 e. The van der Waals surface area contributed by atoms with Gasteiger partial charge in [0.25, 0.3) is 5.91 Å². The zero-order chi connectivity index (χ0) is 18.4. The van der Waals surface area contributed by atoms with E-state index in [2.05, 4.69) is 73.4 Å². The van der Waals surface area contributed by atoms with Crippen LogP contribution in [0.2, 0.25) is 0 Å². The minimum Gasteiger partial charge on any atom is -0.351 e. The monoisotopic (exact) mass is 340 g/mol. The summed E-state index contributed by atoms with van der Waals surface area (Å²) in [5, 5.41) is 6.19. The van der Waals surface area contributed by atoms with Crippen molar-refractivity contribution >= 4 is 17.5 Å². The minimum absolute atomic E-state index is 0.167. The normalized spacial score (nSPS) is 11.0. The largest absolute Gasteiger partial charge is 0.351 e. The molecule has 134 valence electrons. The van der Waals surface area contributed by atoms with Gasteiger partial charge in [-0.05, 0) is 42.4 Å². The van der Waals surface area contributed by atoms with Crippen LogP contribution in [0.5, 0.6) is 0 Å². The Labute approximate surface area is 150 Å². The molecule has 1 aromatic carbocycles. The highest BCUT2D eigenvalue weighted by Crippen LogP contribution is 2.29. The first-order chi connectivity index (χ1) is 11.9. The van der Waals surface area contributed by atoms with Gasteiger partial charge in [-0.3, -0.25) is 4.79 Å². The first-order valence-corrected chi connectivity index (χ1v) is 8.86. The molecule has 1 amide bonds. The molecule has 0 aliphatic heterocycles. The Morgan fingerprint density at radius 3 is 2.60 bits per heavy atom. The van der Waals surface area contributed by atoms with Gasteiger partial charge in [-0.15, -0.1) is 0 Å². The Kier molecular flexibility index (Phi) is 6.51. The van der Waals surface area contributed by atoms with Crippen molar-refractivity contribution in [1.82, 2.24) is 15.3 Å². The van der Waals surface area contributed by atoms with Gasteiger partial charge in [0, 0.05) is 18.4 Å². The molecule has 0 unspecified atom stereocenters. The lowest BCUT2D eigenvalue weighted by molar-refractivity contribution is 0.0947. The fourth-order valence-corrected chi connectivity index (χ4v) is 2.56. The maximum absolute atomic E-state index is 12.2. The number of amides is 1. The molecule has 0 saturated heterocycles. The van der Waals surface area contributed by atoms with Crippen molar-refractivity contribution < 1.29 is 4.79 Å². The van der Waals surface area contributed by atoms with Crippen molar-refractivity contribution in [2.24, 2.45) is 5.92 Å². The van der Waals surface area contributed by atoms with Crippen molar-refractivity contribution in [3.05, 3.63) is 47.3 Å². The topological polar surface area (TPSA) is 66.9 Å². The van der Waals surface area contributed by atoms with Gasteiger partial charge >= 0.3 is 0 Å². The molecular formula is C20H28N4O. The Hall–Kier alpha value is -2.43. The third-order valence-electron chi connectivity index (χ3n) is 4.06. The first-order valence-electron chi connectivity index (χ1n) is 8.86. The molecule has 5 nitrogen and oxygen atoms in total. The fourth-order valence-electron chi connectivity index (χ4n) is 2.56. The van der Waals surface area contributed by atoms with Crippen molar-refractivity contribution in [2.45, 2.75) is 47.0 Å². The summed E-state index contributed by atoms with van der Waals surface area (Å²) in [7, 11) is 0. The van der Waals surface area contributed by atoms with Gasteiger partial charge < -0.3 is 10.6 Å². The van der Waals surface area contributed by atoms with E-state index in [0.29, 0.717) is 30.0 Å². The molecule has 0 aliphatic rings. The summed E-state index contributed by atoms with van der Waals surface area (Å²) in [5.41, 5.74) is 3.72. The predicted molar refractivity (Wildman–Crippen MR) is 102 cm³/mol. The summed E-state index contributed by atoms with van der Waals surface area (Å²) >= 11 is 0. The highest BCUT2D eigenvalue weighted by Gasteiger charge is 2.12. The highest BCUT2D eigenvalue weighted by atomic mass is 16.1. The zero-order valence-electron chi connectivity index (χ0n) is 15.8. The molecule has 0 saturated carbocycles. The van der Waals surface area contributed by atoms with Crippen LogP contribution in [-0.2, 0) is 0 Å². The summed E-state index contributed by atoms with van der Waals surface area (Å²) < 4.78 is 0. The second-order valence-electron chi connectivity index (χ2n) is 7.02. The number of hydrogen-bond acceptors (Lipinski definition) is 4. The van der Waals surface area contributed by atoms with Crippen molar-refractivity contribution in [3.8, 4) is 0 Å². The van der Waals surface area contributed by atoms with Crippen LogP contribution < -0.4 is 10.6 Å². The highest BCUT2D eigenvalue weighted by molar-refractivity contribution is 5.92. The number of anilines is 2. The number of aryl methyl sites for hydroxylation is 1. The van der Waals surface area contributed by atoms with Crippen molar-refractivity contribution in [3.63, 3.8) is 0 Å². The summed E-state index contributed by atoms with van der Waals surface area (Å²) in [6.07, 6.45) is 2.56. The molecule has 1 aromatic heterocycles. The number of hydrogen-bond donors (Lipinski definition) is 2. The fraction of sp³-hybridized carbons (Fsp3) is 0.450. The Balaban J connectivity index is 2.16. The standard InChI is InChI=1S/C20H28N4O/c1-13(2)9-11-21-19(25)17-10-12-22-20(23-17)24-18-15(5)7-6-8-16(18)14(3)4/h6-8,10,12-14H,9,11H2,1-5H3,(H,21,25)(H,22,23,24). The van der Waals surface area contributed by atoms with E-state index in [1.54, 1.807) is 12.3 Å². The second-order valence-corrected chi connectivity index (χ2v) is 7.02. The van der Waals surface area contributed by atoms with E-state index in [0.717, 1.165) is 17.7 Å². The average molecular weight is 340 g/mol. The van der Waals surface area contributed by atoms with Gasteiger partial charge in [0.15, 0.2) is 0 Å². The number of aromatic nitrogens is 2. The minimum atomic E-state index is -0.167. The molecule has 0 aliphatic carbocycles. The number of para-hydroxylation sites is 1. The van der Waals surface area contributed by atoms with Gasteiger partial charge in [0.2, 0.25) is 5.95 Å². The molecule has 2 aromatic rings. The van der Waals surface area contributed by atoms with Gasteiger partial charge in [-0.25, -0.2) is 9.97 Å². The Bertz CT molecular complexity index is 725. The van der Waals surface area contributed by atoms with Gasteiger partial charge in [-0.2, -0.15) is 0 Å². The number of carbonyl (C=O) groups excluding carboxylic acids is 1. The van der Waals surface area contributed by atoms with Crippen molar-refractivity contribution in [2.75, 3.05) is 11.9 Å².